The van der Waals surface area contributed by atoms with Crippen molar-refractivity contribution in [3.8, 4) is 5.75 Å². The van der Waals surface area contributed by atoms with Gasteiger partial charge in [0.05, 0.1) is 0 Å². The second-order valence-corrected chi connectivity index (χ2v) is 7.73. The molecule has 0 aliphatic carbocycles. The Morgan fingerprint density at radius 2 is 2.04 bits per heavy atom. The molecular weight excluding hydrogens is 340 g/mol. The summed E-state index contributed by atoms with van der Waals surface area (Å²) in [7, 11) is 0. The summed E-state index contributed by atoms with van der Waals surface area (Å²) >= 11 is 0. The molecule has 6 nitrogen and oxygen atoms in total. The van der Waals surface area contributed by atoms with Gasteiger partial charge in [-0.3, -0.25) is 14.7 Å². The number of carbonyl (C=O) groups excluding carboxylic acids is 1. The van der Waals surface area contributed by atoms with Crippen molar-refractivity contribution in [2.24, 2.45) is 5.92 Å². The number of hydrogen-bond acceptors (Lipinski definition) is 5. The molecular formula is C21H26N4O2. The van der Waals surface area contributed by atoms with Crippen LogP contribution in [-0.2, 0) is 17.8 Å². The van der Waals surface area contributed by atoms with Crippen molar-refractivity contribution in [3.63, 3.8) is 0 Å². The summed E-state index contributed by atoms with van der Waals surface area (Å²) < 4.78 is 5.49. The maximum atomic E-state index is 11.4. The molecule has 4 heterocycles. The molecule has 1 amide bonds. The van der Waals surface area contributed by atoms with Gasteiger partial charge in [-0.1, -0.05) is 0 Å². The Labute approximate surface area is 160 Å². The molecule has 1 saturated heterocycles. The summed E-state index contributed by atoms with van der Waals surface area (Å²) in [6.07, 6.45) is 5.44. The number of nitrogens with zero attached hydrogens (tertiary/aromatic N) is 3. The number of nitrogens with one attached hydrogen (secondary N) is 1. The number of hydrogen-bond donors (Lipinski definition) is 1. The highest BCUT2D eigenvalue weighted by Gasteiger charge is 2.22. The Balaban J connectivity index is 1.39. The average Bonchev–Trinajstić information content (AvgIpc) is 2.61. The number of aromatic nitrogens is 2. The van der Waals surface area contributed by atoms with Crippen LogP contribution in [0.4, 0.5) is 5.82 Å². The molecule has 1 atom stereocenters. The highest BCUT2D eigenvalue weighted by molar-refractivity contribution is 5.94. The number of fused-ring (bicyclic) bond motifs is 1. The van der Waals surface area contributed by atoms with Gasteiger partial charge in [-0.25, -0.2) is 4.98 Å². The molecule has 0 bridgehead atoms. The Morgan fingerprint density at radius 3 is 2.85 bits per heavy atom. The van der Waals surface area contributed by atoms with E-state index in [1.807, 2.05) is 12.3 Å². The Kier molecular flexibility index (Phi) is 5.07. The molecule has 1 fully saturated rings. The molecule has 4 rings (SSSR count). The van der Waals surface area contributed by atoms with Crippen LogP contribution >= 0.6 is 0 Å². The van der Waals surface area contributed by atoms with Crippen LogP contribution in [-0.4, -0.2) is 40.5 Å². The van der Waals surface area contributed by atoms with Crippen molar-refractivity contribution in [1.29, 1.82) is 0 Å². The number of carbonyl (C=O) groups is 1. The lowest BCUT2D eigenvalue weighted by Gasteiger charge is -2.33. The van der Waals surface area contributed by atoms with E-state index >= 15 is 0 Å². The van der Waals surface area contributed by atoms with Gasteiger partial charge in [0.2, 0.25) is 0 Å². The highest BCUT2D eigenvalue weighted by Crippen LogP contribution is 2.28. The van der Waals surface area contributed by atoms with Gasteiger partial charge in [0.25, 0.3) is 5.91 Å². The highest BCUT2D eigenvalue weighted by atomic mass is 16.5. The van der Waals surface area contributed by atoms with Crippen molar-refractivity contribution in [3.05, 3.63) is 46.9 Å². The number of ether oxygens (including phenoxy) is 1. The predicted octanol–water partition coefficient (Wildman–Crippen LogP) is 2.88. The molecule has 0 radical (unpaired) electrons. The summed E-state index contributed by atoms with van der Waals surface area (Å²) in [6.45, 7) is 7.26. The van der Waals surface area contributed by atoms with Gasteiger partial charge >= 0.3 is 0 Å². The van der Waals surface area contributed by atoms with Crippen molar-refractivity contribution < 1.29 is 9.53 Å². The molecule has 142 valence electrons. The largest absolute Gasteiger partial charge is 0.480 e. The third-order valence-corrected chi connectivity index (χ3v) is 5.20. The molecule has 0 spiro atoms. The summed E-state index contributed by atoms with van der Waals surface area (Å²) in [5, 5.41) is 2.74. The summed E-state index contributed by atoms with van der Waals surface area (Å²) in [4.78, 5) is 22.7. The third-order valence-electron chi connectivity index (χ3n) is 5.20. The van der Waals surface area contributed by atoms with Crippen LogP contribution in [0.2, 0.25) is 0 Å². The van der Waals surface area contributed by atoms with Gasteiger partial charge in [-0.05, 0) is 74.9 Å². The summed E-state index contributed by atoms with van der Waals surface area (Å²) in [5.74, 6) is 1.71. The van der Waals surface area contributed by atoms with Gasteiger partial charge in [0.15, 0.2) is 18.2 Å². The maximum Gasteiger partial charge on any atom is 0.263 e. The van der Waals surface area contributed by atoms with Crippen LogP contribution in [0.25, 0.3) is 0 Å². The number of piperidine rings is 1. The molecule has 2 aliphatic rings. The minimum Gasteiger partial charge on any atom is -0.480 e. The van der Waals surface area contributed by atoms with Gasteiger partial charge in [-0.2, -0.15) is 0 Å². The molecule has 0 saturated carbocycles. The van der Waals surface area contributed by atoms with E-state index in [0.29, 0.717) is 17.5 Å². The topological polar surface area (TPSA) is 67.4 Å². The van der Waals surface area contributed by atoms with Gasteiger partial charge in [-0.15, -0.1) is 0 Å². The van der Waals surface area contributed by atoms with Gasteiger partial charge in [0.1, 0.15) is 0 Å². The Hall–Kier alpha value is -2.47. The molecule has 1 N–H and O–H groups in total. The van der Waals surface area contributed by atoms with E-state index in [9.17, 15) is 4.79 Å². The quantitative estimate of drug-likeness (QED) is 0.901. The average molecular weight is 366 g/mol. The molecule has 2 aliphatic heterocycles. The van der Waals surface area contributed by atoms with Crippen molar-refractivity contribution in [2.75, 3.05) is 25.0 Å². The summed E-state index contributed by atoms with van der Waals surface area (Å²) in [5.41, 5.74) is 4.72. The fraction of sp³-hybridized carbons (Fsp3) is 0.476. The monoisotopic (exact) mass is 366 g/mol. The van der Waals surface area contributed by atoms with Crippen molar-refractivity contribution in [1.82, 2.24) is 14.9 Å². The zero-order chi connectivity index (χ0) is 18.8. The molecule has 6 heteroatoms. The second-order valence-electron chi connectivity index (χ2n) is 7.73. The zero-order valence-corrected chi connectivity index (χ0v) is 16.0. The van der Waals surface area contributed by atoms with Gasteiger partial charge < -0.3 is 10.1 Å². The van der Waals surface area contributed by atoms with E-state index in [0.717, 1.165) is 43.0 Å². The van der Waals surface area contributed by atoms with E-state index in [2.05, 4.69) is 46.2 Å². The number of anilines is 1. The molecule has 2 aromatic rings. The van der Waals surface area contributed by atoms with Crippen molar-refractivity contribution in [2.45, 2.75) is 39.7 Å². The lowest BCUT2D eigenvalue weighted by atomic mass is 9.91. The standard InChI is InChI=1S/C21H26N4O2/c1-14-6-17(7-15(2)23-14)8-16-4-3-5-25(11-16)12-18-9-19-21(22-10-18)24-20(26)13-27-19/h6-7,9-10,16H,3-5,8,11-13H2,1-2H3,(H,22,24,26). The van der Waals surface area contributed by atoms with Crippen LogP contribution in [0.5, 0.6) is 5.75 Å². The first kappa shape index (κ1) is 17.9. The van der Waals surface area contributed by atoms with Gasteiger partial charge in [0, 0.05) is 30.7 Å². The molecule has 27 heavy (non-hydrogen) atoms. The van der Waals surface area contributed by atoms with Crippen LogP contribution in [0, 0.1) is 19.8 Å². The van der Waals surface area contributed by atoms with E-state index in [1.54, 1.807) is 0 Å². The minimum atomic E-state index is -0.150. The Morgan fingerprint density at radius 1 is 1.22 bits per heavy atom. The first-order valence-corrected chi connectivity index (χ1v) is 9.63. The maximum absolute atomic E-state index is 11.4. The minimum absolute atomic E-state index is 0.0642. The number of likely N-dealkylation sites (tertiary alicyclic amines) is 1. The fourth-order valence-electron chi connectivity index (χ4n) is 4.18. The molecule has 0 aromatic carbocycles. The van der Waals surface area contributed by atoms with E-state index in [-0.39, 0.29) is 12.5 Å². The predicted molar refractivity (Wildman–Crippen MR) is 104 cm³/mol. The van der Waals surface area contributed by atoms with E-state index in [4.69, 9.17) is 4.74 Å². The first-order valence-electron chi connectivity index (χ1n) is 9.63. The second kappa shape index (κ2) is 7.64. The molecule has 2 aromatic heterocycles. The number of aryl methyl sites for hydroxylation is 2. The van der Waals surface area contributed by atoms with E-state index in [1.165, 1.54) is 18.4 Å². The van der Waals surface area contributed by atoms with Crippen LogP contribution < -0.4 is 10.1 Å². The number of pyridine rings is 2. The van der Waals surface area contributed by atoms with Crippen LogP contribution in [0.3, 0.4) is 0 Å². The Bertz CT molecular complexity index is 832. The number of rotatable bonds is 4. The lowest BCUT2D eigenvalue weighted by Crippen LogP contribution is -2.36. The van der Waals surface area contributed by atoms with Crippen LogP contribution in [0.15, 0.2) is 24.4 Å². The van der Waals surface area contributed by atoms with E-state index < -0.39 is 0 Å². The molecule has 1 unspecified atom stereocenters. The van der Waals surface area contributed by atoms with Crippen LogP contribution in [0.1, 0.15) is 35.4 Å². The first-order chi connectivity index (χ1) is 13.0. The normalized spacial score (nSPS) is 19.9. The smallest absolute Gasteiger partial charge is 0.263 e. The fourth-order valence-corrected chi connectivity index (χ4v) is 4.18. The van der Waals surface area contributed by atoms with Crippen molar-refractivity contribution >= 4 is 11.7 Å². The zero-order valence-electron chi connectivity index (χ0n) is 16.0. The SMILES string of the molecule is Cc1cc(CC2CCCN(Cc3cnc4c(c3)OCC(=O)N4)C2)cc(C)n1. The summed E-state index contributed by atoms with van der Waals surface area (Å²) in [6, 6.07) is 6.43. The number of amides is 1. The lowest BCUT2D eigenvalue weighted by molar-refractivity contribution is -0.118. The third kappa shape index (κ3) is 4.45.